The van der Waals surface area contributed by atoms with Crippen LogP contribution in [0.15, 0.2) is 0 Å². The van der Waals surface area contributed by atoms with Crippen molar-refractivity contribution in [3.63, 3.8) is 0 Å². The molecule has 0 aromatic carbocycles. The van der Waals surface area contributed by atoms with Crippen molar-refractivity contribution in [1.82, 2.24) is 0 Å². The molecule has 0 unspecified atom stereocenters. The summed E-state index contributed by atoms with van der Waals surface area (Å²) in [7, 11) is 0. The molecular weight excluding hydrogens is 536 g/mol. The van der Waals surface area contributed by atoms with E-state index in [0.29, 0.717) is 72.7 Å². The van der Waals surface area contributed by atoms with E-state index in [1.54, 1.807) is 0 Å². The Labute approximate surface area is 247 Å². The summed E-state index contributed by atoms with van der Waals surface area (Å²) < 4.78 is 51.9. The first-order chi connectivity index (χ1) is 20.3. The van der Waals surface area contributed by atoms with Gasteiger partial charge in [0.2, 0.25) is 0 Å². The Bertz CT molecular complexity index is 571. The summed E-state index contributed by atoms with van der Waals surface area (Å²) in [6.45, 7) is 7.29. The van der Waals surface area contributed by atoms with E-state index >= 15 is 0 Å². The summed E-state index contributed by atoms with van der Waals surface area (Å²) in [6, 6.07) is 0. The lowest BCUT2D eigenvalue weighted by Crippen LogP contribution is -2.61. The number of fused-ring (bicyclic) bond motifs is 1. The van der Waals surface area contributed by atoms with Crippen LogP contribution in [0.3, 0.4) is 0 Å². The van der Waals surface area contributed by atoms with E-state index in [-0.39, 0.29) is 19.8 Å². The molecule has 2 aliphatic heterocycles. The van der Waals surface area contributed by atoms with E-state index in [9.17, 15) is 10.2 Å². The fourth-order valence-electron chi connectivity index (χ4n) is 4.80. The number of hydrogen-bond acceptors (Lipinski definition) is 11. The van der Waals surface area contributed by atoms with E-state index in [1.807, 2.05) is 0 Å². The minimum atomic E-state index is -1.08. The molecule has 2 rings (SSSR count). The summed E-state index contributed by atoms with van der Waals surface area (Å²) in [5.41, 5.74) is 0. The van der Waals surface area contributed by atoms with Crippen LogP contribution in [0.4, 0.5) is 0 Å². The number of unbranched alkanes of at least 4 members (excludes halogenated alkanes) is 9. The maximum atomic E-state index is 10.9. The average molecular weight is 595 g/mol. The summed E-state index contributed by atoms with van der Waals surface area (Å²) >= 11 is 0. The highest BCUT2D eigenvalue weighted by Gasteiger charge is 2.47. The van der Waals surface area contributed by atoms with Gasteiger partial charge in [0.05, 0.1) is 85.9 Å². The Morgan fingerprint density at radius 1 is 0.561 bits per heavy atom. The van der Waals surface area contributed by atoms with Gasteiger partial charge in [-0.2, -0.15) is 0 Å². The maximum absolute atomic E-state index is 10.9. The molecular formula is C30H58O11. The van der Waals surface area contributed by atoms with Gasteiger partial charge in [0.1, 0.15) is 24.4 Å². The van der Waals surface area contributed by atoms with E-state index < -0.39 is 30.7 Å². The van der Waals surface area contributed by atoms with Crippen LogP contribution in [0, 0.1) is 0 Å². The summed E-state index contributed by atoms with van der Waals surface area (Å²) in [5, 5.41) is 20.8. The van der Waals surface area contributed by atoms with Gasteiger partial charge >= 0.3 is 0 Å². The Hall–Kier alpha value is -0.440. The highest BCUT2D eigenvalue weighted by molar-refractivity contribution is 4.91. The first-order valence-corrected chi connectivity index (χ1v) is 16.0. The average Bonchev–Trinajstić information content (AvgIpc) is 2.98. The van der Waals surface area contributed by atoms with Crippen LogP contribution in [0.2, 0.25) is 0 Å². The number of aliphatic hydroxyl groups excluding tert-OH is 2. The van der Waals surface area contributed by atoms with Gasteiger partial charge in [-0.15, -0.1) is 0 Å². The van der Waals surface area contributed by atoms with Crippen LogP contribution in [0.1, 0.15) is 71.1 Å². The molecule has 0 saturated carbocycles. The zero-order chi connectivity index (χ0) is 29.2. The van der Waals surface area contributed by atoms with Crippen LogP contribution < -0.4 is 0 Å². The molecule has 2 fully saturated rings. The van der Waals surface area contributed by atoms with E-state index in [0.717, 1.165) is 12.8 Å². The zero-order valence-electron chi connectivity index (χ0n) is 25.4. The van der Waals surface area contributed by atoms with Gasteiger partial charge in [-0.05, 0) is 6.42 Å². The lowest BCUT2D eigenvalue weighted by atomic mass is 9.98. The SMILES string of the molecule is CCCCCCCCCCCCO[C@@H]1O[C@H](CO)[C@@H](O)[C@@H]2OCCOCCOCCOCCOCCOCCO[C@@H]12. The van der Waals surface area contributed by atoms with E-state index in [2.05, 4.69) is 6.92 Å². The first-order valence-electron chi connectivity index (χ1n) is 16.0. The molecule has 0 aliphatic carbocycles. The van der Waals surface area contributed by atoms with Crippen LogP contribution in [0.25, 0.3) is 0 Å². The topological polar surface area (TPSA) is 124 Å². The van der Waals surface area contributed by atoms with Crippen molar-refractivity contribution in [3.05, 3.63) is 0 Å². The highest BCUT2D eigenvalue weighted by Crippen LogP contribution is 2.27. The molecule has 5 atom stereocenters. The number of ether oxygens (including phenoxy) is 9. The number of aliphatic hydroxyl groups is 2. The largest absolute Gasteiger partial charge is 0.394 e. The molecule has 41 heavy (non-hydrogen) atoms. The Morgan fingerprint density at radius 2 is 0.976 bits per heavy atom. The molecule has 0 amide bonds. The number of rotatable bonds is 13. The monoisotopic (exact) mass is 594 g/mol. The molecule has 244 valence electrons. The summed E-state index contributed by atoms with van der Waals surface area (Å²) in [4.78, 5) is 0. The quantitative estimate of drug-likeness (QED) is 0.306. The lowest BCUT2D eigenvalue weighted by molar-refractivity contribution is -0.317. The molecule has 11 nitrogen and oxygen atoms in total. The fourth-order valence-corrected chi connectivity index (χ4v) is 4.80. The van der Waals surface area contributed by atoms with Gasteiger partial charge in [0.15, 0.2) is 6.29 Å². The fraction of sp³-hybridized carbons (Fsp3) is 1.00. The van der Waals surface area contributed by atoms with E-state index in [4.69, 9.17) is 42.6 Å². The third-order valence-electron chi connectivity index (χ3n) is 7.14. The van der Waals surface area contributed by atoms with Crippen molar-refractivity contribution in [1.29, 1.82) is 0 Å². The molecule has 0 aromatic heterocycles. The maximum Gasteiger partial charge on any atom is 0.186 e. The second-order valence-electron chi connectivity index (χ2n) is 10.5. The molecule has 2 N–H and O–H groups in total. The van der Waals surface area contributed by atoms with Crippen LogP contribution in [-0.2, 0) is 42.6 Å². The van der Waals surface area contributed by atoms with Crippen molar-refractivity contribution >= 4 is 0 Å². The second kappa shape index (κ2) is 26.0. The third kappa shape index (κ3) is 17.4. The predicted octanol–water partition coefficient (Wildman–Crippen LogP) is 2.87. The van der Waals surface area contributed by atoms with Gasteiger partial charge in [-0.3, -0.25) is 0 Å². The molecule has 11 heteroatoms. The number of hydrogen-bond donors (Lipinski definition) is 2. The smallest absolute Gasteiger partial charge is 0.186 e. The van der Waals surface area contributed by atoms with Crippen molar-refractivity contribution in [2.24, 2.45) is 0 Å². The Balaban J connectivity index is 1.82. The van der Waals surface area contributed by atoms with Gasteiger partial charge in [0, 0.05) is 6.61 Å². The van der Waals surface area contributed by atoms with Gasteiger partial charge in [-0.1, -0.05) is 64.7 Å². The normalized spacial score (nSPS) is 28.9. The molecule has 0 spiro atoms. The second-order valence-corrected chi connectivity index (χ2v) is 10.5. The molecule has 0 aromatic rings. The highest BCUT2D eigenvalue weighted by atomic mass is 16.7. The molecule has 2 heterocycles. The minimum absolute atomic E-state index is 0.238. The molecule has 0 radical (unpaired) electrons. The van der Waals surface area contributed by atoms with Crippen molar-refractivity contribution < 1.29 is 52.8 Å². The lowest BCUT2D eigenvalue weighted by Gasteiger charge is -2.43. The predicted molar refractivity (Wildman–Crippen MR) is 153 cm³/mol. The van der Waals surface area contributed by atoms with Crippen LogP contribution >= 0.6 is 0 Å². The Kier molecular flexibility index (Phi) is 23.3. The molecule has 0 bridgehead atoms. The van der Waals surface area contributed by atoms with Crippen LogP contribution in [0.5, 0.6) is 0 Å². The molecule has 2 saturated heterocycles. The van der Waals surface area contributed by atoms with Crippen LogP contribution in [-0.4, -0.2) is 133 Å². The van der Waals surface area contributed by atoms with Gasteiger partial charge in [-0.25, -0.2) is 0 Å². The summed E-state index contributed by atoms with van der Waals surface area (Å²) in [6.07, 6.45) is 8.21. The van der Waals surface area contributed by atoms with Crippen molar-refractivity contribution in [2.75, 3.05) is 92.5 Å². The minimum Gasteiger partial charge on any atom is -0.394 e. The van der Waals surface area contributed by atoms with Gasteiger partial charge in [0.25, 0.3) is 0 Å². The standard InChI is InChI=1S/C30H58O11/c1-2-3-4-5-6-7-8-9-10-11-12-40-30-29-28(27(32)26(25-31)41-30)38-23-21-36-19-17-34-15-13-33-14-16-35-18-20-37-22-24-39-29/h26-32H,2-25H2,1H3/t26-,27-,28+,29-,30-/m1/s1. The van der Waals surface area contributed by atoms with E-state index in [1.165, 1.54) is 51.4 Å². The zero-order valence-corrected chi connectivity index (χ0v) is 25.4. The van der Waals surface area contributed by atoms with Crippen molar-refractivity contribution in [2.45, 2.75) is 102 Å². The van der Waals surface area contributed by atoms with Gasteiger partial charge < -0.3 is 52.8 Å². The Morgan fingerprint density at radius 3 is 1.44 bits per heavy atom. The summed E-state index contributed by atoms with van der Waals surface area (Å²) in [5.74, 6) is 0. The van der Waals surface area contributed by atoms with Crippen molar-refractivity contribution in [3.8, 4) is 0 Å². The molecule has 2 aliphatic rings. The third-order valence-corrected chi connectivity index (χ3v) is 7.14. The first kappa shape index (κ1) is 36.8.